The van der Waals surface area contributed by atoms with E-state index < -0.39 is 0 Å². The van der Waals surface area contributed by atoms with Crippen LogP contribution in [0.1, 0.15) is 25.8 Å². The lowest BCUT2D eigenvalue weighted by atomic mass is 10.1. The molecule has 1 aliphatic rings. The number of hydrogen-bond acceptors (Lipinski definition) is 2. The predicted octanol–water partition coefficient (Wildman–Crippen LogP) is 3.98. The Kier molecular flexibility index (Phi) is 4.56. The van der Waals surface area contributed by atoms with Crippen molar-refractivity contribution in [2.24, 2.45) is 4.99 Å². The van der Waals surface area contributed by atoms with Crippen molar-refractivity contribution in [3.63, 3.8) is 0 Å². The highest BCUT2D eigenvalue weighted by molar-refractivity contribution is 5.99. The molecule has 19 heavy (non-hydrogen) atoms. The molecule has 1 aliphatic heterocycles. The predicted molar refractivity (Wildman–Crippen MR) is 81.1 cm³/mol. The molecule has 2 nitrogen and oxygen atoms in total. The van der Waals surface area contributed by atoms with E-state index in [1.165, 1.54) is 16.7 Å². The highest BCUT2D eigenvalue weighted by Crippen LogP contribution is 2.16. The highest BCUT2D eigenvalue weighted by atomic mass is 16.5. The Hall–Kier alpha value is -1.83. The van der Waals surface area contributed by atoms with E-state index >= 15 is 0 Å². The van der Waals surface area contributed by atoms with Crippen molar-refractivity contribution in [2.45, 2.75) is 26.7 Å². The second-order valence-electron chi connectivity index (χ2n) is 5.05. The van der Waals surface area contributed by atoms with Crippen molar-refractivity contribution in [3.05, 3.63) is 53.6 Å². The first-order valence-electron chi connectivity index (χ1n) is 6.72. The summed E-state index contributed by atoms with van der Waals surface area (Å²) in [6.45, 7) is 9.53. The van der Waals surface area contributed by atoms with Crippen LogP contribution in [0.3, 0.4) is 0 Å². The van der Waals surface area contributed by atoms with Crippen molar-refractivity contribution in [1.29, 1.82) is 0 Å². The zero-order chi connectivity index (χ0) is 13.7. The quantitative estimate of drug-likeness (QED) is 0.729. The zero-order valence-electron chi connectivity index (χ0n) is 11.8. The zero-order valence-corrected chi connectivity index (χ0v) is 11.8. The summed E-state index contributed by atoms with van der Waals surface area (Å²) in [5.41, 5.74) is 4.75. The maximum atomic E-state index is 5.80. The average Bonchev–Trinajstić information content (AvgIpc) is 2.39. The fourth-order valence-corrected chi connectivity index (χ4v) is 2.10. The molecule has 100 valence electrons. The van der Waals surface area contributed by atoms with E-state index in [2.05, 4.69) is 29.8 Å². The molecule has 0 bridgehead atoms. The summed E-state index contributed by atoms with van der Waals surface area (Å²) in [4.78, 5) is 4.43. The number of nitrogens with zero attached hydrogens (tertiary/aromatic N) is 1. The molecule has 2 rings (SSSR count). The Morgan fingerprint density at radius 1 is 1.32 bits per heavy atom. The van der Waals surface area contributed by atoms with Gasteiger partial charge >= 0.3 is 0 Å². The van der Waals surface area contributed by atoms with Crippen LogP contribution in [0.25, 0.3) is 0 Å². The van der Waals surface area contributed by atoms with E-state index in [4.69, 9.17) is 4.74 Å². The lowest BCUT2D eigenvalue weighted by Gasteiger charge is -2.13. The first-order chi connectivity index (χ1) is 9.15. The Bertz CT molecular complexity index is 509. The molecule has 0 saturated carbocycles. The standard InChI is InChI=1S/C17H21NO/c1-13(2)11-15-6-8-17(9-7-15)19-12-16-5-4-10-18-14(16)3/h5-9H,1,4,10-12H2,2-3H3. The first kappa shape index (κ1) is 13.6. The molecule has 0 atom stereocenters. The van der Waals surface area contributed by atoms with Gasteiger partial charge in [-0.05, 0) is 44.4 Å². The summed E-state index contributed by atoms with van der Waals surface area (Å²) in [5.74, 6) is 0.907. The van der Waals surface area contributed by atoms with Gasteiger partial charge in [-0.3, -0.25) is 4.99 Å². The molecule has 0 N–H and O–H groups in total. The van der Waals surface area contributed by atoms with E-state index in [1.807, 2.05) is 26.0 Å². The normalized spacial score (nSPS) is 14.6. The summed E-state index contributed by atoms with van der Waals surface area (Å²) in [6, 6.07) is 8.24. The largest absolute Gasteiger partial charge is 0.489 e. The van der Waals surface area contributed by atoms with Gasteiger partial charge in [-0.2, -0.15) is 0 Å². The van der Waals surface area contributed by atoms with Gasteiger partial charge in [0.15, 0.2) is 0 Å². The molecule has 0 aliphatic carbocycles. The van der Waals surface area contributed by atoms with Crippen LogP contribution in [0.15, 0.2) is 53.1 Å². The molecule has 0 radical (unpaired) electrons. The molecule has 0 amide bonds. The minimum absolute atomic E-state index is 0.606. The third kappa shape index (κ3) is 4.09. The van der Waals surface area contributed by atoms with Crippen LogP contribution in [0.2, 0.25) is 0 Å². The average molecular weight is 255 g/mol. The molecule has 0 saturated heterocycles. The van der Waals surface area contributed by atoms with Crippen molar-refractivity contribution < 1.29 is 4.74 Å². The van der Waals surface area contributed by atoms with Crippen molar-refractivity contribution >= 4 is 5.71 Å². The SMILES string of the molecule is C=C(C)Cc1ccc(OCC2=CCCN=C2C)cc1. The number of dihydropyridines is 1. The van der Waals surface area contributed by atoms with Gasteiger partial charge in [0.1, 0.15) is 12.4 Å². The number of aliphatic imine (C=N–C) groups is 1. The fourth-order valence-electron chi connectivity index (χ4n) is 2.10. The Morgan fingerprint density at radius 2 is 2.05 bits per heavy atom. The van der Waals surface area contributed by atoms with Crippen molar-refractivity contribution in [2.75, 3.05) is 13.2 Å². The second-order valence-corrected chi connectivity index (χ2v) is 5.05. The van der Waals surface area contributed by atoms with Crippen LogP contribution < -0.4 is 4.74 Å². The number of hydrogen-bond donors (Lipinski definition) is 0. The summed E-state index contributed by atoms with van der Waals surface area (Å²) in [7, 11) is 0. The van der Waals surface area contributed by atoms with Crippen LogP contribution in [-0.4, -0.2) is 18.9 Å². The van der Waals surface area contributed by atoms with Crippen molar-refractivity contribution in [1.82, 2.24) is 0 Å². The summed E-state index contributed by atoms with van der Waals surface area (Å²) in [5, 5.41) is 0. The summed E-state index contributed by atoms with van der Waals surface area (Å²) in [6.07, 6.45) is 4.17. The van der Waals surface area contributed by atoms with E-state index in [0.717, 1.165) is 30.8 Å². The Balaban J connectivity index is 1.91. The second kappa shape index (κ2) is 6.37. The smallest absolute Gasteiger partial charge is 0.119 e. The molecule has 0 spiro atoms. The molecule has 0 aromatic heterocycles. The van der Waals surface area contributed by atoms with Gasteiger partial charge in [0.2, 0.25) is 0 Å². The molecule has 1 aromatic carbocycles. The molecule has 0 unspecified atom stereocenters. The lowest BCUT2D eigenvalue weighted by molar-refractivity contribution is 0.356. The minimum Gasteiger partial charge on any atom is -0.489 e. The van der Waals surface area contributed by atoms with Gasteiger partial charge in [-0.1, -0.05) is 30.4 Å². The maximum Gasteiger partial charge on any atom is 0.119 e. The van der Waals surface area contributed by atoms with Crippen molar-refractivity contribution in [3.8, 4) is 5.75 Å². The Labute approximate surface area is 115 Å². The number of allylic oxidation sites excluding steroid dienone is 1. The van der Waals surface area contributed by atoms with E-state index in [1.54, 1.807) is 0 Å². The minimum atomic E-state index is 0.606. The number of ether oxygens (including phenoxy) is 1. The maximum absolute atomic E-state index is 5.80. The van der Waals surface area contributed by atoms with Crippen LogP contribution >= 0.6 is 0 Å². The Morgan fingerprint density at radius 3 is 2.68 bits per heavy atom. The van der Waals surface area contributed by atoms with Crippen LogP contribution in [0.5, 0.6) is 5.75 Å². The molecule has 1 heterocycles. The van der Waals surface area contributed by atoms with Gasteiger partial charge in [0.25, 0.3) is 0 Å². The van der Waals surface area contributed by atoms with Gasteiger partial charge in [-0.15, -0.1) is 0 Å². The fraction of sp³-hybridized carbons (Fsp3) is 0.353. The summed E-state index contributed by atoms with van der Waals surface area (Å²) >= 11 is 0. The first-order valence-corrected chi connectivity index (χ1v) is 6.72. The molecule has 2 heteroatoms. The van der Waals surface area contributed by atoms with Gasteiger partial charge < -0.3 is 4.74 Å². The van der Waals surface area contributed by atoms with E-state index in [0.29, 0.717) is 6.61 Å². The van der Waals surface area contributed by atoms with Crippen LogP contribution in [0, 0.1) is 0 Å². The summed E-state index contributed by atoms with van der Waals surface area (Å²) < 4.78 is 5.80. The molecular formula is C17H21NO. The van der Waals surface area contributed by atoms with E-state index in [9.17, 15) is 0 Å². The number of benzene rings is 1. The molecule has 0 fully saturated rings. The molecule has 1 aromatic rings. The topological polar surface area (TPSA) is 21.6 Å². The van der Waals surface area contributed by atoms with Gasteiger partial charge in [0, 0.05) is 17.8 Å². The third-order valence-corrected chi connectivity index (χ3v) is 3.16. The third-order valence-electron chi connectivity index (χ3n) is 3.16. The lowest BCUT2D eigenvalue weighted by Crippen LogP contribution is -2.12. The monoisotopic (exact) mass is 255 g/mol. The van der Waals surface area contributed by atoms with Crippen LogP contribution in [-0.2, 0) is 6.42 Å². The van der Waals surface area contributed by atoms with E-state index in [-0.39, 0.29) is 0 Å². The van der Waals surface area contributed by atoms with Gasteiger partial charge in [-0.25, -0.2) is 0 Å². The molecular weight excluding hydrogens is 234 g/mol. The van der Waals surface area contributed by atoms with Crippen LogP contribution in [0.4, 0.5) is 0 Å². The number of rotatable bonds is 5. The highest BCUT2D eigenvalue weighted by Gasteiger charge is 2.06. The van der Waals surface area contributed by atoms with Gasteiger partial charge in [0.05, 0.1) is 0 Å².